The van der Waals surface area contributed by atoms with E-state index in [-0.39, 0.29) is 65.4 Å². The summed E-state index contributed by atoms with van der Waals surface area (Å²) in [5.41, 5.74) is 11.4. The number of anilines is 1. The number of aryl methyl sites for hydroxylation is 2. The molecule has 2 aromatic carbocycles. The molecular weight excluding hydrogens is 891 g/mol. The van der Waals surface area contributed by atoms with Gasteiger partial charge in [-0.15, -0.1) is 0 Å². The fourth-order valence-electron chi connectivity index (χ4n) is 10.7. The van der Waals surface area contributed by atoms with Crippen molar-refractivity contribution >= 4 is 24.0 Å². The molecule has 0 amide bonds. The van der Waals surface area contributed by atoms with E-state index in [0.717, 1.165) is 73.5 Å². The molecule has 0 radical (unpaired) electrons. The molecule has 1 aliphatic carbocycles. The highest BCUT2D eigenvalue weighted by atomic mass is 16.6. The van der Waals surface area contributed by atoms with Crippen LogP contribution in [0.4, 0.5) is 5.82 Å². The van der Waals surface area contributed by atoms with Crippen LogP contribution in [-0.2, 0) is 33.5 Å². The van der Waals surface area contributed by atoms with Gasteiger partial charge in [-0.25, -0.2) is 4.98 Å². The summed E-state index contributed by atoms with van der Waals surface area (Å²) in [7, 11) is 2.00. The summed E-state index contributed by atoms with van der Waals surface area (Å²) in [5.74, 6) is 0.958. The van der Waals surface area contributed by atoms with Gasteiger partial charge in [0.25, 0.3) is 0 Å². The minimum atomic E-state index is -0.549. The Kier molecular flexibility index (Phi) is 15.0. The van der Waals surface area contributed by atoms with E-state index in [1.54, 1.807) is 30.7 Å². The number of carbonyl (C=O) groups is 1. The van der Waals surface area contributed by atoms with Crippen LogP contribution < -0.4 is 31.2 Å². The van der Waals surface area contributed by atoms with Crippen molar-refractivity contribution in [1.29, 1.82) is 0 Å². The highest BCUT2D eigenvalue weighted by molar-refractivity contribution is 5.83. The van der Waals surface area contributed by atoms with E-state index in [4.69, 9.17) is 29.7 Å². The number of pyridine rings is 2. The van der Waals surface area contributed by atoms with Gasteiger partial charge in [-0.05, 0) is 123 Å². The zero-order valence-electron chi connectivity index (χ0n) is 39.9. The Morgan fingerprint density at radius 2 is 1.90 bits per heavy atom. The van der Waals surface area contributed by atoms with Crippen molar-refractivity contribution in [2.45, 2.75) is 114 Å². The molecular formula is C53H65N9O8. The number of nitrogens with two attached hydrogens (primary N) is 1. The second-order valence-corrected chi connectivity index (χ2v) is 19.1. The second-order valence-electron chi connectivity index (χ2n) is 19.1. The summed E-state index contributed by atoms with van der Waals surface area (Å²) in [6.45, 7) is 3.77. The second kappa shape index (κ2) is 21.8. The number of rotatable bonds is 18. The van der Waals surface area contributed by atoms with Crippen LogP contribution in [0.25, 0.3) is 0 Å². The Bertz CT molecular complexity index is 2610. The first kappa shape index (κ1) is 48.2. The van der Waals surface area contributed by atoms with Gasteiger partial charge < -0.3 is 60.9 Å². The lowest BCUT2D eigenvalue weighted by Gasteiger charge is -2.55. The van der Waals surface area contributed by atoms with Gasteiger partial charge in [0.05, 0.1) is 30.1 Å². The Morgan fingerprint density at radius 1 is 1.01 bits per heavy atom. The molecule has 8 N–H and O–H groups in total. The maximum absolute atomic E-state index is 12.2. The zero-order chi connectivity index (χ0) is 48.6. The molecule has 2 aromatic heterocycles. The normalized spacial score (nSPS) is 25.5. The molecule has 17 heteroatoms. The SMILES string of the molecule is CNCC1C(N2C=C3N=CC=C3C2)NC(=NCCCc2ccnc(N)c2)NC12CCCC(Oc1cc(CCC3CC(OC(C)=O)CC(c4cc(O)c(O)c(OCCc5cccnc5)c4)O3)ccc1O)C2. The number of carbonyl (C=O) groups excluding carboxylic acids is 1. The van der Waals surface area contributed by atoms with Crippen LogP contribution in [0.2, 0.25) is 0 Å². The average molecular weight is 956 g/mol. The van der Waals surface area contributed by atoms with Gasteiger partial charge in [0.15, 0.2) is 29.0 Å². The number of aromatic nitrogens is 2. The molecule has 6 heterocycles. The Balaban J connectivity index is 0.883. The number of hydrogen-bond acceptors (Lipinski definition) is 15. The number of aromatic hydroxyl groups is 3. The predicted octanol–water partition coefficient (Wildman–Crippen LogP) is 6.15. The number of phenols is 3. The molecule has 5 aliphatic rings. The van der Waals surface area contributed by atoms with Crippen molar-refractivity contribution in [3.8, 4) is 28.7 Å². The molecule has 70 heavy (non-hydrogen) atoms. The number of hydrogen-bond donors (Lipinski definition) is 7. The lowest BCUT2D eigenvalue weighted by Crippen LogP contribution is -2.74. The first-order valence-electron chi connectivity index (χ1n) is 24.5. The summed E-state index contributed by atoms with van der Waals surface area (Å²) in [6.07, 6.45) is 17.4. The lowest BCUT2D eigenvalue weighted by molar-refractivity contribution is -0.160. The molecule has 9 rings (SSSR count). The smallest absolute Gasteiger partial charge is 0.302 e. The highest BCUT2D eigenvalue weighted by Crippen LogP contribution is 2.45. The maximum atomic E-state index is 12.2. The molecule has 7 unspecified atom stereocenters. The van der Waals surface area contributed by atoms with Crippen molar-refractivity contribution in [2.75, 3.05) is 39.0 Å². The monoisotopic (exact) mass is 955 g/mol. The molecule has 4 aromatic rings. The van der Waals surface area contributed by atoms with Crippen molar-refractivity contribution in [3.63, 3.8) is 0 Å². The van der Waals surface area contributed by atoms with Gasteiger partial charge >= 0.3 is 5.97 Å². The van der Waals surface area contributed by atoms with Crippen LogP contribution >= 0.6 is 0 Å². The summed E-state index contributed by atoms with van der Waals surface area (Å²) in [4.78, 5) is 32.6. The number of benzene rings is 2. The average Bonchev–Trinajstić information content (AvgIpc) is 3.97. The molecule has 3 fully saturated rings. The standard InChI is InChI=1S/C53H65N9O8/c1-33(63)68-41-26-39(69-46(27-41)38-24-45(65)50(66)48(25-38)67-21-15-36-7-4-17-56-29-36)11-9-35-10-12-44(64)47(22-35)70-40-8-3-16-53(28-40)42(30-55-2)51(62-31-37-14-20-57-43(37)32-62)60-52(61-53)59-18-5-6-34-13-19-58-49(54)23-34/h4,7,10,12-14,17,19-20,22-25,29,32,39-42,46,51,55,64-66H,3,5-6,8-9,11,15-16,18,21,26-28,30-31H2,1-2H3,(H2,54,58)(H2,59,60,61). The number of aliphatic imine (C=N–C) groups is 2. The van der Waals surface area contributed by atoms with Crippen LogP contribution in [0.5, 0.6) is 28.7 Å². The van der Waals surface area contributed by atoms with Crippen LogP contribution in [-0.4, -0.2) is 112 Å². The van der Waals surface area contributed by atoms with Gasteiger partial charge in [0, 0.05) is 94.7 Å². The number of guanidine groups is 1. The quantitative estimate of drug-likeness (QED) is 0.0337. The van der Waals surface area contributed by atoms with Crippen LogP contribution in [0.15, 0.2) is 107 Å². The minimum absolute atomic E-state index is 0.0721. The van der Waals surface area contributed by atoms with Crippen molar-refractivity contribution in [2.24, 2.45) is 15.9 Å². The highest BCUT2D eigenvalue weighted by Gasteiger charge is 2.52. The number of esters is 1. The molecule has 0 bridgehead atoms. The maximum Gasteiger partial charge on any atom is 0.302 e. The molecule has 1 spiro atoms. The molecule has 7 atom stereocenters. The first-order chi connectivity index (χ1) is 34.0. The van der Waals surface area contributed by atoms with E-state index in [9.17, 15) is 20.1 Å². The van der Waals surface area contributed by atoms with E-state index in [2.05, 4.69) is 48.1 Å². The molecule has 17 nitrogen and oxygen atoms in total. The van der Waals surface area contributed by atoms with Crippen molar-refractivity contribution < 1.29 is 39.1 Å². The molecule has 2 saturated heterocycles. The molecule has 1 saturated carbocycles. The fraction of sp³-hybridized carbons (Fsp3) is 0.453. The van der Waals surface area contributed by atoms with Gasteiger partial charge in [0.2, 0.25) is 5.75 Å². The van der Waals surface area contributed by atoms with Crippen LogP contribution in [0.3, 0.4) is 0 Å². The van der Waals surface area contributed by atoms with Gasteiger partial charge in [-0.2, -0.15) is 0 Å². The van der Waals surface area contributed by atoms with Gasteiger partial charge in [-0.1, -0.05) is 12.1 Å². The molecule has 4 aliphatic heterocycles. The largest absolute Gasteiger partial charge is 0.504 e. The summed E-state index contributed by atoms with van der Waals surface area (Å²) < 4.78 is 25.2. The summed E-state index contributed by atoms with van der Waals surface area (Å²) >= 11 is 0. The number of nitrogens with zero attached hydrogens (tertiary/aromatic N) is 5. The zero-order valence-corrected chi connectivity index (χ0v) is 39.9. The van der Waals surface area contributed by atoms with E-state index in [0.29, 0.717) is 62.2 Å². The fourth-order valence-corrected chi connectivity index (χ4v) is 10.7. The summed E-state index contributed by atoms with van der Waals surface area (Å²) in [5, 5.41) is 43.9. The third-order valence-electron chi connectivity index (χ3n) is 14.0. The lowest BCUT2D eigenvalue weighted by atomic mass is 9.69. The number of phenolic OH excluding ortho intramolecular Hbond substituents is 3. The van der Waals surface area contributed by atoms with E-state index < -0.39 is 12.2 Å². The van der Waals surface area contributed by atoms with Gasteiger partial charge in [0.1, 0.15) is 24.2 Å². The van der Waals surface area contributed by atoms with E-state index in [1.165, 1.54) is 18.6 Å². The van der Waals surface area contributed by atoms with Crippen molar-refractivity contribution in [1.82, 2.24) is 30.8 Å². The third-order valence-corrected chi connectivity index (χ3v) is 14.0. The Labute approximate surface area is 408 Å². The Hall–Kier alpha value is -6.85. The number of fused-ring (bicyclic) bond motifs is 1. The first-order valence-corrected chi connectivity index (χ1v) is 24.5. The third kappa shape index (κ3) is 11.6. The number of nitrogens with one attached hydrogen (secondary N) is 3. The van der Waals surface area contributed by atoms with Crippen molar-refractivity contribution in [3.05, 3.63) is 119 Å². The topological polar surface area (TPSA) is 231 Å². The predicted molar refractivity (Wildman–Crippen MR) is 266 cm³/mol. The number of allylic oxidation sites excluding steroid dienone is 1. The van der Waals surface area contributed by atoms with E-state index >= 15 is 0 Å². The van der Waals surface area contributed by atoms with Crippen LogP contribution in [0, 0.1) is 5.92 Å². The Morgan fingerprint density at radius 3 is 2.71 bits per heavy atom. The van der Waals surface area contributed by atoms with Gasteiger partial charge in [-0.3, -0.25) is 19.8 Å². The summed E-state index contributed by atoms with van der Waals surface area (Å²) in [6, 6.07) is 16.4. The van der Waals surface area contributed by atoms with E-state index in [1.807, 2.05) is 49.7 Å². The molecule has 370 valence electrons. The number of nitrogen functional groups attached to an aromatic ring is 1. The minimum Gasteiger partial charge on any atom is -0.504 e. The number of ether oxygens (including phenoxy) is 4. The van der Waals surface area contributed by atoms with Crippen LogP contribution in [0.1, 0.15) is 86.6 Å².